The molecule has 6 rings (SSSR count). The lowest BCUT2D eigenvalue weighted by Gasteiger charge is -2.25. The second kappa shape index (κ2) is 7.99. The molecular formula is C25H24F3N7. The molecule has 1 N–H and O–H groups in total. The van der Waals surface area contributed by atoms with E-state index in [9.17, 15) is 13.2 Å². The molecule has 0 saturated carbocycles. The predicted octanol–water partition coefficient (Wildman–Crippen LogP) is 4.29. The smallest absolute Gasteiger partial charge is 0.354 e. The summed E-state index contributed by atoms with van der Waals surface area (Å²) in [7, 11) is 0. The van der Waals surface area contributed by atoms with Crippen LogP contribution in [0.4, 0.5) is 19.0 Å². The summed E-state index contributed by atoms with van der Waals surface area (Å²) in [6, 6.07) is 11.9. The molecule has 180 valence electrons. The van der Waals surface area contributed by atoms with Gasteiger partial charge in [-0.3, -0.25) is 4.90 Å². The Labute approximate surface area is 199 Å². The van der Waals surface area contributed by atoms with E-state index in [2.05, 4.69) is 43.1 Å². The fourth-order valence-electron chi connectivity index (χ4n) is 5.75. The summed E-state index contributed by atoms with van der Waals surface area (Å²) in [5.41, 5.74) is 3.72. The minimum atomic E-state index is -4.26. The number of nitrogens with one attached hydrogen (secondary N) is 1. The van der Waals surface area contributed by atoms with Crippen molar-refractivity contribution in [3.63, 3.8) is 0 Å². The zero-order valence-corrected chi connectivity index (χ0v) is 19.0. The standard InChI is InChI=1S/C25H24F3N7/c26-25(27,28)10-18-8-22-23(30-16-31-35(22)13-18)34-6-4-24(15-34)3-5-33(14-24)12-17-1-2-21-19(7-17)9-20(11-29)32-21/h1-2,7-9,13,16,32H,3-6,10,12,14-15H2. The zero-order chi connectivity index (χ0) is 24.2. The van der Waals surface area contributed by atoms with Gasteiger partial charge in [0.1, 0.15) is 23.6 Å². The van der Waals surface area contributed by atoms with Crippen molar-refractivity contribution < 1.29 is 13.2 Å². The first-order valence-electron chi connectivity index (χ1n) is 11.7. The molecule has 10 heteroatoms. The normalized spacial score (nSPS) is 21.0. The highest BCUT2D eigenvalue weighted by molar-refractivity contribution is 5.82. The second-order valence-electron chi connectivity index (χ2n) is 9.90. The van der Waals surface area contributed by atoms with Crippen LogP contribution in [-0.2, 0) is 13.0 Å². The van der Waals surface area contributed by atoms with Crippen molar-refractivity contribution in [1.82, 2.24) is 24.5 Å². The molecule has 0 bridgehead atoms. The van der Waals surface area contributed by atoms with Crippen molar-refractivity contribution in [3.05, 3.63) is 59.7 Å². The average molecular weight is 480 g/mol. The summed E-state index contributed by atoms with van der Waals surface area (Å²) in [5.74, 6) is 0.704. The van der Waals surface area contributed by atoms with E-state index in [0.29, 0.717) is 17.0 Å². The number of nitrogens with zero attached hydrogens (tertiary/aromatic N) is 6. The summed E-state index contributed by atoms with van der Waals surface area (Å²) in [4.78, 5) is 12.2. The quantitative estimate of drug-likeness (QED) is 0.473. The topological polar surface area (TPSA) is 76.2 Å². The van der Waals surface area contributed by atoms with Crippen molar-refractivity contribution in [2.24, 2.45) is 5.41 Å². The van der Waals surface area contributed by atoms with Crippen LogP contribution in [0.5, 0.6) is 0 Å². The fraction of sp³-hybridized carbons (Fsp3) is 0.400. The van der Waals surface area contributed by atoms with E-state index in [4.69, 9.17) is 5.26 Å². The van der Waals surface area contributed by atoms with Crippen molar-refractivity contribution >= 4 is 22.2 Å². The number of hydrogen-bond donors (Lipinski definition) is 1. The number of fused-ring (bicyclic) bond motifs is 2. The summed E-state index contributed by atoms with van der Waals surface area (Å²) in [6.45, 7) is 4.48. The van der Waals surface area contributed by atoms with Gasteiger partial charge in [-0.1, -0.05) is 6.07 Å². The molecule has 4 aromatic rings. The highest BCUT2D eigenvalue weighted by Crippen LogP contribution is 2.42. The maximum atomic E-state index is 12.9. The molecule has 2 saturated heterocycles. The van der Waals surface area contributed by atoms with Gasteiger partial charge in [0.15, 0.2) is 5.82 Å². The van der Waals surface area contributed by atoms with Crippen LogP contribution in [0.3, 0.4) is 0 Å². The Morgan fingerprint density at radius 2 is 1.94 bits per heavy atom. The molecule has 1 atom stereocenters. The Balaban J connectivity index is 1.16. The van der Waals surface area contributed by atoms with E-state index >= 15 is 0 Å². The SMILES string of the molecule is N#Cc1cc2cc(CN3CCC4(CCN(c5ncnn6cc(CC(F)(F)F)cc56)C4)C3)ccc2[nH]1. The molecule has 5 heterocycles. The zero-order valence-electron chi connectivity index (χ0n) is 19.0. The van der Waals surface area contributed by atoms with Crippen LogP contribution in [0.25, 0.3) is 16.4 Å². The van der Waals surface area contributed by atoms with Gasteiger partial charge in [-0.15, -0.1) is 0 Å². The highest BCUT2D eigenvalue weighted by atomic mass is 19.4. The first kappa shape index (κ1) is 21.9. The van der Waals surface area contributed by atoms with Gasteiger partial charge >= 0.3 is 6.18 Å². The lowest BCUT2D eigenvalue weighted by Crippen LogP contribution is -2.31. The summed E-state index contributed by atoms with van der Waals surface area (Å²) in [6.07, 6.45) is -0.263. The van der Waals surface area contributed by atoms with Crippen molar-refractivity contribution in [2.45, 2.75) is 32.0 Å². The number of likely N-dealkylation sites (tertiary alicyclic amines) is 1. The minimum Gasteiger partial charge on any atom is -0.354 e. The third-order valence-electron chi connectivity index (χ3n) is 7.31. The number of hydrogen-bond acceptors (Lipinski definition) is 5. The van der Waals surface area contributed by atoms with Crippen LogP contribution in [0.15, 0.2) is 42.9 Å². The maximum Gasteiger partial charge on any atom is 0.393 e. The Morgan fingerprint density at radius 3 is 2.77 bits per heavy atom. The van der Waals surface area contributed by atoms with Gasteiger partial charge in [-0.05, 0) is 54.8 Å². The number of aromatic amines is 1. The molecular weight excluding hydrogens is 455 g/mol. The van der Waals surface area contributed by atoms with Crippen molar-refractivity contribution in [2.75, 3.05) is 31.1 Å². The number of nitriles is 1. The molecule has 1 aromatic carbocycles. The Morgan fingerprint density at radius 1 is 1.09 bits per heavy atom. The first-order valence-corrected chi connectivity index (χ1v) is 11.7. The first-order chi connectivity index (χ1) is 16.8. The summed E-state index contributed by atoms with van der Waals surface area (Å²) in [5, 5.41) is 14.3. The number of rotatable bonds is 4. The van der Waals surface area contributed by atoms with E-state index in [-0.39, 0.29) is 11.0 Å². The number of H-pyrrole nitrogens is 1. The molecule has 35 heavy (non-hydrogen) atoms. The van der Waals surface area contributed by atoms with Gasteiger partial charge in [0.2, 0.25) is 0 Å². The van der Waals surface area contributed by atoms with Crippen LogP contribution < -0.4 is 4.90 Å². The molecule has 2 aliphatic heterocycles. The molecule has 1 unspecified atom stereocenters. The molecule has 0 radical (unpaired) electrons. The van der Waals surface area contributed by atoms with E-state index < -0.39 is 12.6 Å². The monoisotopic (exact) mass is 479 g/mol. The van der Waals surface area contributed by atoms with E-state index in [1.165, 1.54) is 22.6 Å². The van der Waals surface area contributed by atoms with Gasteiger partial charge in [-0.25, -0.2) is 9.50 Å². The summed E-state index contributed by atoms with van der Waals surface area (Å²) < 4.78 is 40.2. The third-order valence-corrected chi connectivity index (χ3v) is 7.31. The van der Waals surface area contributed by atoms with Gasteiger partial charge in [-0.2, -0.15) is 23.5 Å². The van der Waals surface area contributed by atoms with E-state index in [0.717, 1.165) is 56.5 Å². The lowest BCUT2D eigenvalue weighted by atomic mass is 9.86. The number of alkyl halides is 3. The third kappa shape index (κ3) is 4.21. The van der Waals surface area contributed by atoms with Gasteiger partial charge in [0.05, 0.1) is 6.42 Å². The summed E-state index contributed by atoms with van der Waals surface area (Å²) >= 11 is 0. The Bertz CT molecular complexity index is 1450. The largest absolute Gasteiger partial charge is 0.393 e. The molecule has 2 fully saturated rings. The molecule has 0 amide bonds. The fourth-order valence-corrected chi connectivity index (χ4v) is 5.75. The molecule has 2 aliphatic rings. The van der Waals surface area contributed by atoms with Crippen molar-refractivity contribution in [3.8, 4) is 6.07 Å². The Kier molecular flexibility index (Phi) is 5.00. The Hall–Kier alpha value is -3.58. The van der Waals surface area contributed by atoms with Gasteiger partial charge in [0.25, 0.3) is 0 Å². The number of benzene rings is 1. The van der Waals surface area contributed by atoms with E-state index in [1.54, 1.807) is 6.07 Å². The number of anilines is 1. The van der Waals surface area contributed by atoms with Crippen LogP contribution >= 0.6 is 0 Å². The van der Waals surface area contributed by atoms with E-state index in [1.807, 2.05) is 12.1 Å². The molecule has 1 spiro atoms. The molecule has 0 aliphatic carbocycles. The molecule has 7 nitrogen and oxygen atoms in total. The minimum absolute atomic E-state index is 0.148. The maximum absolute atomic E-state index is 12.9. The number of halogens is 3. The van der Waals surface area contributed by atoms with Crippen LogP contribution in [0, 0.1) is 16.7 Å². The molecule has 3 aromatic heterocycles. The van der Waals surface area contributed by atoms with Gasteiger partial charge in [0, 0.05) is 48.7 Å². The highest BCUT2D eigenvalue weighted by Gasteiger charge is 2.44. The average Bonchev–Trinajstić information content (AvgIpc) is 3.58. The predicted molar refractivity (Wildman–Crippen MR) is 125 cm³/mol. The number of aromatic nitrogens is 4. The van der Waals surface area contributed by atoms with Crippen LogP contribution in [0.1, 0.15) is 29.7 Å². The van der Waals surface area contributed by atoms with Crippen LogP contribution in [0.2, 0.25) is 0 Å². The van der Waals surface area contributed by atoms with Gasteiger partial charge < -0.3 is 9.88 Å². The second-order valence-corrected chi connectivity index (χ2v) is 9.90. The van der Waals surface area contributed by atoms with Crippen molar-refractivity contribution in [1.29, 1.82) is 5.26 Å². The van der Waals surface area contributed by atoms with Crippen LogP contribution in [-0.4, -0.2) is 56.8 Å². The lowest BCUT2D eigenvalue weighted by molar-refractivity contribution is -0.127.